The van der Waals surface area contributed by atoms with E-state index in [4.69, 9.17) is 42.1 Å². The van der Waals surface area contributed by atoms with Gasteiger partial charge in [-0.2, -0.15) is 0 Å². The first-order chi connectivity index (χ1) is 10.6. The number of hydrogen-bond acceptors (Lipinski definition) is 8. The Morgan fingerprint density at radius 2 is 1.35 bits per heavy atom. The molecule has 0 unspecified atom stereocenters. The summed E-state index contributed by atoms with van der Waals surface area (Å²) in [5, 5.41) is 38.1. The van der Waals surface area contributed by atoms with E-state index in [1.54, 1.807) is 12.1 Å². The zero-order valence-electron chi connectivity index (χ0n) is 11.9. The maximum Gasteiger partial charge on any atom is 0.291 e. The summed E-state index contributed by atoms with van der Waals surface area (Å²) >= 11 is 0. The Labute approximate surface area is 129 Å². The molecule has 13 heteroatoms. The minimum absolute atomic E-state index is 0.145. The first-order valence-corrected chi connectivity index (χ1v) is 5.98. The number of rotatable bonds is 5. The predicted octanol–water partition coefficient (Wildman–Crippen LogP) is -0.0982. The van der Waals surface area contributed by atoms with Gasteiger partial charge in [0.15, 0.2) is 0 Å². The Balaban J connectivity index is 0. The van der Waals surface area contributed by atoms with Crippen LogP contribution in [0.3, 0.4) is 0 Å². The van der Waals surface area contributed by atoms with Gasteiger partial charge in [-0.25, -0.2) is 0 Å². The lowest BCUT2D eigenvalue weighted by Crippen LogP contribution is -2.07. The van der Waals surface area contributed by atoms with Crippen LogP contribution in [-0.2, 0) is 12.8 Å². The Bertz CT molecular complexity index is 504. The molecule has 0 radical (unpaired) electrons. The summed E-state index contributed by atoms with van der Waals surface area (Å²) in [6, 6.07) is 5.21. The molecule has 0 aromatic heterocycles. The van der Waals surface area contributed by atoms with Crippen molar-refractivity contribution in [2.75, 3.05) is 13.1 Å². The molecule has 1 aromatic carbocycles. The van der Waals surface area contributed by atoms with Crippen molar-refractivity contribution in [3.63, 3.8) is 0 Å². The van der Waals surface area contributed by atoms with E-state index in [-0.39, 0.29) is 10.6 Å². The van der Waals surface area contributed by atoms with Gasteiger partial charge in [-0.05, 0) is 31.5 Å². The fraction of sp³-hybridized carbons (Fsp3) is 0.400. The fourth-order valence-electron chi connectivity index (χ4n) is 1.47. The number of nitro groups is 1. The van der Waals surface area contributed by atoms with Gasteiger partial charge in [0.05, 0.1) is 4.92 Å². The summed E-state index contributed by atoms with van der Waals surface area (Å²) in [6.45, 7) is 0.907. The average Bonchev–Trinajstić information content (AvgIpc) is 2.39. The topological polar surface area (TPSA) is 222 Å². The van der Waals surface area contributed by atoms with Crippen LogP contribution < -0.4 is 11.5 Å². The normalized spacial score (nSPS) is 8.78. The highest BCUT2D eigenvalue weighted by Crippen LogP contribution is 2.20. The van der Waals surface area contributed by atoms with E-state index in [0.29, 0.717) is 31.5 Å². The molecule has 0 aliphatic rings. The third-order valence-electron chi connectivity index (χ3n) is 2.19. The summed E-state index contributed by atoms with van der Waals surface area (Å²) in [6.07, 6.45) is 1.18. The van der Waals surface area contributed by atoms with Gasteiger partial charge < -0.3 is 21.9 Å². The maximum absolute atomic E-state index is 10.8. The molecule has 0 fully saturated rings. The molecule has 0 spiro atoms. The highest BCUT2D eigenvalue weighted by Gasteiger charge is 2.13. The first kappa shape index (κ1) is 22.2. The van der Waals surface area contributed by atoms with Crippen LogP contribution in [0, 0.1) is 30.3 Å². The highest BCUT2D eigenvalue weighted by molar-refractivity contribution is 5.43. The van der Waals surface area contributed by atoms with Gasteiger partial charge in [0.1, 0.15) is 0 Å². The number of nitro benzene ring substituents is 1. The lowest BCUT2D eigenvalue weighted by molar-refractivity contribution is -0.742. The van der Waals surface area contributed by atoms with Crippen molar-refractivity contribution in [3.8, 4) is 0 Å². The molecular formula is C10H17N5O8. The zero-order chi connectivity index (χ0) is 18.4. The molecule has 1 aromatic rings. The molecule has 0 atom stereocenters. The molecule has 0 amide bonds. The Morgan fingerprint density at radius 3 is 1.70 bits per heavy atom. The number of benzene rings is 1. The van der Waals surface area contributed by atoms with Gasteiger partial charge in [-0.1, -0.05) is 12.1 Å². The first-order valence-electron chi connectivity index (χ1n) is 5.98. The molecule has 13 nitrogen and oxygen atoms in total. The molecule has 130 valence electrons. The molecule has 6 N–H and O–H groups in total. The predicted molar refractivity (Wildman–Crippen MR) is 76.2 cm³/mol. The standard InChI is InChI=1S/C10H15N3O2.2HNO3/c11-5-3-8-1-2-9(4-6-12)10(7-8)13(14)15;2*2-1(3)4/h1-2,7H,3-6,11-12H2;2*(H,2,3,4). The summed E-state index contributed by atoms with van der Waals surface area (Å²) in [5.41, 5.74) is 12.5. The quantitative estimate of drug-likeness (QED) is 0.413. The Morgan fingerprint density at radius 1 is 0.913 bits per heavy atom. The van der Waals surface area contributed by atoms with Gasteiger partial charge in [0.2, 0.25) is 0 Å². The minimum atomic E-state index is -1.50. The molecule has 0 aliphatic heterocycles. The SMILES string of the molecule is NCCc1ccc(CCN)c([N+](=O)[O-])c1.O=[N+]([O-])O.O=[N+]([O-])O. The third-order valence-corrected chi connectivity index (χ3v) is 2.19. The van der Waals surface area contributed by atoms with E-state index in [1.807, 2.05) is 6.07 Å². The van der Waals surface area contributed by atoms with Crippen molar-refractivity contribution in [2.45, 2.75) is 12.8 Å². The summed E-state index contributed by atoms with van der Waals surface area (Å²) in [5.74, 6) is 0. The van der Waals surface area contributed by atoms with Crippen molar-refractivity contribution in [2.24, 2.45) is 11.5 Å². The van der Waals surface area contributed by atoms with Crippen LogP contribution in [0.5, 0.6) is 0 Å². The van der Waals surface area contributed by atoms with Crippen LogP contribution in [0.4, 0.5) is 5.69 Å². The van der Waals surface area contributed by atoms with Crippen molar-refractivity contribution < 1.29 is 25.5 Å². The van der Waals surface area contributed by atoms with E-state index in [9.17, 15) is 10.1 Å². The largest absolute Gasteiger partial charge is 0.330 e. The zero-order valence-corrected chi connectivity index (χ0v) is 11.9. The van der Waals surface area contributed by atoms with E-state index in [2.05, 4.69) is 0 Å². The Kier molecular flexibility index (Phi) is 12.2. The number of nitrogens with two attached hydrogens (primary N) is 2. The fourth-order valence-corrected chi connectivity index (χ4v) is 1.47. The maximum atomic E-state index is 10.8. The third kappa shape index (κ3) is 13.7. The monoisotopic (exact) mass is 335 g/mol. The second kappa shape index (κ2) is 12.7. The van der Waals surface area contributed by atoms with Crippen LogP contribution in [-0.4, -0.2) is 38.6 Å². The smallest absolute Gasteiger partial charge is 0.291 e. The second-order valence-electron chi connectivity index (χ2n) is 3.77. The van der Waals surface area contributed by atoms with Crippen molar-refractivity contribution in [1.82, 2.24) is 0 Å². The molecule has 1 rings (SSSR count). The highest BCUT2D eigenvalue weighted by atomic mass is 16.9. The summed E-state index contributed by atoms with van der Waals surface area (Å²) in [7, 11) is 0. The average molecular weight is 335 g/mol. The number of hydrogen-bond donors (Lipinski definition) is 4. The van der Waals surface area contributed by atoms with Gasteiger partial charge in [-0.15, -0.1) is 20.2 Å². The Hall–Kier alpha value is -3.06. The molecule has 0 heterocycles. The second-order valence-corrected chi connectivity index (χ2v) is 3.77. The van der Waals surface area contributed by atoms with Gasteiger partial charge in [-0.3, -0.25) is 10.1 Å². The van der Waals surface area contributed by atoms with Crippen LogP contribution in [0.25, 0.3) is 0 Å². The van der Waals surface area contributed by atoms with Gasteiger partial charge in [0.25, 0.3) is 15.9 Å². The van der Waals surface area contributed by atoms with Crippen LogP contribution in [0.15, 0.2) is 18.2 Å². The molecule has 23 heavy (non-hydrogen) atoms. The van der Waals surface area contributed by atoms with Crippen molar-refractivity contribution in [1.29, 1.82) is 0 Å². The lowest BCUT2D eigenvalue weighted by atomic mass is 10.0. The number of nitrogens with zero attached hydrogens (tertiary/aromatic N) is 3. The molecule has 0 aliphatic carbocycles. The summed E-state index contributed by atoms with van der Waals surface area (Å²) < 4.78 is 0. The molecule has 0 saturated carbocycles. The van der Waals surface area contributed by atoms with Gasteiger partial charge in [0, 0.05) is 11.6 Å². The van der Waals surface area contributed by atoms with E-state index in [0.717, 1.165) is 5.56 Å². The summed E-state index contributed by atoms with van der Waals surface area (Å²) in [4.78, 5) is 27.1. The van der Waals surface area contributed by atoms with E-state index >= 15 is 0 Å². The molecular weight excluding hydrogens is 318 g/mol. The van der Waals surface area contributed by atoms with Crippen LogP contribution >= 0.6 is 0 Å². The van der Waals surface area contributed by atoms with Crippen molar-refractivity contribution >= 4 is 5.69 Å². The van der Waals surface area contributed by atoms with E-state index in [1.165, 1.54) is 0 Å². The van der Waals surface area contributed by atoms with E-state index < -0.39 is 10.2 Å². The lowest BCUT2D eigenvalue weighted by Gasteiger charge is -2.04. The van der Waals surface area contributed by atoms with Crippen LogP contribution in [0.1, 0.15) is 11.1 Å². The van der Waals surface area contributed by atoms with Gasteiger partial charge >= 0.3 is 0 Å². The minimum Gasteiger partial charge on any atom is -0.330 e. The molecule has 0 saturated heterocycles. The van der Waals surface area contributed by atoms with Crippen LogP contribution in [0.2, 0.25) is 0 Å². The molecule has 0 bridgehead atoms. The van der Waals surface area contributed by atoms with Crippen molar-refractivity contribution in [3.05, 3.63) is 59.7 Å².